The van der Waals surface area contributed by atoms with E-state index in [1.165, 1.54) is 12.0 Å². The van der Waals surface area contributed by atoms with Gasteiger partial charge in [0.15, 0.2) is 5.96 Å². The molecule has 2 aliphatic heterocycles. The van der Waals surface area contributed by atoms with Gasteiger partial charge in [-0.05, 0) is 56.9 Å². The highest BCUT2D eigenvalue weighted by Gasteiger charge is 2.49. The first-order valence-electron chi connectivity index (χ1n) is 10.7. The van der Waals surface area contributed by atoms with E-state index >= 15 is 0 Å². The van der Waals surface area contributed by atoms with Crippen LogP contribution < -0.4 is 16.0 Å². The second-order valence-corrected chi connectivity index (χ2v) is 8.61. The number of guanidine groups is 1. The lowest BCUT2D eigenvalue weighted by molar-refractivity contribution is -0.125. The van der Waals surface area contributed by atoms with Gasteiger partial charge in [0.2, 0.25) is 0 Å². The highest BCUT2D eigenvalue weighted by atomic mass is 16.2. The van der Waals surface area contributed by atoms with Gasteiger partial charge in [-0.2, -0.15) is 0 Å². The van der Waals surface area contributed by atoms with E-state index in [-0.39, 0.29) is 17.9 Å². The highest BCUT2D eigenvalue weighted by Crippen LogP contribution is 2.35. The zero-order chi connectivity index (χ0) is 20.4. The number of nitrogens with one attached hydrogen (secondary N) is 3. The monoisotopic (exact) mass is 397 g/mol. The molecule has 3 aliphatic rings. The number of likely N-dealkylation sites (tertiary alicyclic amines) is 1. The summed E-state index contributed by atoms with van der Waals surface area (Å²) < 4.78 is 0. The van der Waals surface area contributed by atoms with Crippen molar-refractivity contribution in [3.8, 4) is 0 Å². The smallest absolute Gasteiger partial charge is 0.322 e. The molecule has 0 radical (unpaired) electrons. The van der Waals surface area contributed by atoms with E-state index in [0.717, 1.165) is 44.9 Å². The minimum atomic E-state index is -0.796. The Morgan fingerprint density at radius 3 is 2.59 bits per heavy atom. The predicted octanol–water partition coefficient (Wildman–Crippen LogP) is 1.89. The largest absolute Gasteiger partial charge is 0.353 e. The van der Waals surface area contributed by atoms with Gasteiger partial charge in [0.1, 0.15) is 5.54 Å². The van der Waals surface area contributed by atoms with Crippen molar-refractivity contribution in [2.24, 2.45) is 16.8 Å². The standard InChI is InChI=1S/C22H31N5O2/c1-3-23-20(24-18-14-16(18)13-15-7-5-4-6-8-15)27-11-9-17(10-12-27)22(2)19(28)25-21(29)26-22/h4-8,16-18H,3,9-14H2,1-2H3,(H,23,24)(H2,25,26,28,29). The van der Waals surface area contributed by atoms with Crippen LogP contribution >= 0.6 is 0 Å². The van der Waals surface area contributed by atoms with Gasteiger partial charge in [-0.15, -0.1) is 0 Å². The molecule has 3 amide bonds. The Balaban J connectivity index is 1.31. The van der Waals surface area contributed by atoms with E-state index in [4.69, 9.17) is 4.99 Å². The number of carbonyl (C=O) groups is 2. The number of benzene rings is 1. The Morgan fingerprint density at radius 1 is 1.24 bits per heavy atom. The van der Waals surface area contributed by atoms with Gasteiger partial charge in [-0.1, -0.05) is 30.3 Å². The Morgan fingerprint density at radius 2 is 1.97 bits per heavy atom. The zero-order valence-electron chi connectivity index (χ0n) is 17.3. The maximum atomic E-state index is 12.2. The molecule has 1 aromatic rings. The fourth-order valence-electron chi connectivity index (χ4n) is 4.63. The van der Waals surface area contributed by atoms with Crippen molar-refractivity contribution in [2.45, 2.75) is 51.1 Å². The van der Waals surface area contributed by atoms with Crippen LogP contribution in [0, 0.1) is 11.8 Å². The molecule has 0 spiro atoms. The second kappa shape index (κ2) is 8.05. The summed E-state index contributed by atoms with van der Waals surface area (Å²) in [5.74, 6) is 1.58. The number of rotatable bonds is 5. The van der Waals surface area contributed by atoms with Crippen molar-refractivity contribution in [3.63, 3.8) is 0 Å². The molecule has 0 aromatic heterocycles. The number of aliphatic imine (C=N–C) groups is 1. The van der Waals surface area contributed by atoms with Crippen LogP contribution in [0.15, 0.2) is 35.3 Å². The van der Waals surface area contributed by atoms with E-state index in [1.807, 2.05) is 6.92 Å². The fraction of sp³-hybridized carbons (Fsp3) is 0.591. The Kier molecular flexibility index (Phi) is 5.48. The lowest BCUT2D eigenvalue weighted by Crippen LogP contribution is -2.55. The number of urea groups is 1. The number of imide groups is 1. The zero-order valence-corrected chi connectivity index (χ0v) is 17.3. The molecule has 3 fully saturated rings. The molecule has 3 atom stereocenters. The topological polar surface area (TPSA) is 85.8 Å². The summed E-state index contributed by atoms with van der Waals surface area (Å²) in [6.45, 7) is 6.32. The minimum Gasteiger partial charge on any atom is -0.353 e. The van der Waals surface area contributed by atoms with E-state index in [9.17, 15) is 9.59 Å². The van der Waals surface area contributed by atoms with Crippen molar-refractivity contribution in [2.75, 3.05) is 19.6 Å². The minimum absolute atomic E-state index is 0.139. The molecule has 2 saturated heterocycles. The van der Waals surface area contributed by atoms with E-state index in [2.05, 4.69) is 58.1 Å². The summed E-state index contributed by atoms with van der Waals surface area (Å²) in [6, 6.07) is 10.7. The van der Waals surface area contributed by atoms with E-state index < -0.39 is 5.54 Å². The second-order valence-electron chi connectivity index (χ2n) is 8.61. The molecular weight excluding hydrogens is 366 g/mol. The number of amides is 3. The van der Waals surface area contributed by atoms with Crippen LogP contribution in [0.3, 0.4) is 0 Å². The first kappa shape index (κ1) is 19.7. The van der Waals surface area contributed by atoms with Gasteiger partial charge in [-0.3, -0.25) is 15.1 Å². The van der Waals surface area contributed by atoms with Gasteiger partial charge in [-0.25, -0.2) is 4.79 Å². The molecule has 3 N–H and O–H groups in total. The molecule has 1 aliphatic carbocycles. The quantitative estimate of drug-likeness (QED) is 0.402. The molecule has 3 unspecified atom stereocenters. The number of nitrogens with zero attached hydrogens (tertiary/aromatic N) is 2. The van der Waals surface area contributed by atoms with Crippen molar-refractivity contribution in [3.05, 3.63) is 35.9 Å². The fourth-order valence-corrected chi connectivity index (χ4v) is 4.63. The first-order valence-corrected chi connectivity index (χ1v) is 10.7. The first-order chi connectivity index (χ1) is 14.0. The molecule has 0 bridgehead atoms. The average molecular weight is 398 g/mol. The maximum Gasteiger partial charge on any atom is 0.322 e. The van der Waals surface area contributed by atoms with Gasteiger partial charge >= 0.3 is 6.03 Å². The molecule has 156 valence electrons. The van der Waals surface area contributed by atoms with Gasteiger partial charge in [0.05, 0.1) is 0 Å². The number of hydrogen-bond acceptors (Lipinski definition) is 3. The summed E-state index contributed by atoms with van der Waals surface area (Å²) >= 11 is 0. The van der Waals surface area contributed by atoms with Crippen LogP contribution in [0.2, 0.25) is 0 Å². The lowest BCUT2D eigenvalue weighted by Gasteiger charge is -2.39. The molecule has 1 aromatic carbocycles. The van der Waals surface area contributed by atoms with Crippen molar-refractivity contribution in [1.82, 2.24) is 20.9 Å². The molecule has 4 rings (SSSR count). The maximum absolute atomic E-state index is 12.2. The summed E-state index contributed by atoms with van der Waals surface area (Å²) in [4.78, 5) is 30.8. The summed E-state index contributed by atoms with van der Waals surface area (Å²) in [5.41, 5.74) is 0.595. The van der Waals surface area contributed by atoms with Gasteiger partial charge in [0.25, 0.3) is 5.91 Å². The molecular formula is C22H31N5O2. The van der Waals surface area contributed by atoms with Crippen LogP contribution in [0.5, 0.6) is 0 Å². The van der Waals surface area contributed by atoms with Crippen LogP contribution in [0.1, 0.15) is 38.7 Å². The van der Waals surface area contributed by atoms with Crippen LogP contribution in [-0.2, 0) is 11.2 Å². The molecule has 7 nitrogen and oxygen atoms in total. The summed E-state index contributed by atoms with van der Waals surface area (Å²) in [7, 11) is 0. The van der Waals surface area contributed by atoms with E-state index in [1.54, 1.807) is 0 Å². The number of piperidine rings is 1. The number of carbonyl (C=O) groups excluding carboxylic acids is 2. The third-order valence-corrected chi connectivity index (χ3v) is 6.57. The Hall–Kier alpha value is -2.57. The summed E-state index contributed by atoms with van der Waals surface area (Å²) in [6.07, 6.45) is 3.99. The van der Waals surface area contributed by atoms with E-state index in [0.29, 0.717) is 12.0 Å². The summed E-state index contributed by atoms with van der Waals surface area (Å²) in [5, 5.41) is 8.87. The SMILES string of the molecule is CCN=C(NC1CC1Cc1ccccc1)N1CCC(C2(C)NC(=O)NC2=O)CC1. The third kappa shape index (κ3) is 4.23. The van der Waals surface area contributed by atoms with Crippen LogP contribution in [0.4, 0.5) is 4.79 Å². The molecule has 29 heavy (non-hydrogen) atoms. The Bertz CT molecular complexity index is 788. The predicted molar refractivity (Wildman–Crippen MR) is 113 cm³/mol. The normalized spacial score (nSPS) is 30.1. The van der Waals surface area contributed by atoms with Crippen molar-refractivity contribution < 1.29 is 9.59 Å². The Labute approximate surface area is 172 Å². The average Bonchev–Trinajstić information content (AvgIpc) is 3.38. The van der Waals surface area contributed by atoms with Gasteiger partial charge in [0, 0.05) is 25.7 Å². The third-order valence-electron chi connectivity index (χ3n) is 6.57. The molecule has 7 heteroatoms. The van der Waals surface area contributed by atoms with Crippen molar-refractivity contribution in [1.29, 1.82) is 0 Å². The lowest BCUT2D eigenvalue weighted by atomic mass is 9.79. The molecule has 1 saturated carbocycles. The number of hydrogen-bond donors (Lipinski definition) is 3. The van der Waals surface area contributed by atoms with Gasteiger partial charge < -0.3 is 15.5 Å². The van der Waals surface area contributed by atoms with Crippen LogP contribution in [-0.4, -0.2) is 54.0 Å². The van der Waals surface area contributed by atoms with Crippen LogP contribution in [0.25, 0.3) is 0 Å². The molecule has 2 heterocycles. The van der Waals surface area contributed by atoms with Crippen molar-refractivity contribution >= 4 is 17.9 Å². The highest BCUT2D eigenvalue weighted by molar-refractivity contribution is 6.07.